The molecular formula is C17H21N3S. The van der Waals surface area contributed by atoms with Crippen molar-refractivity contribution in [3.8, 4) is 5.13 Å². The second-order valence-corrected chi connectivity index (χ2v) is 6.64. The molecule has 21 heavy (non-hydrogen) atoms. The Morgan fingerprint density at radius 3 is 2.76 bits per heavy atom. The van der Waals surface area contributed by atoms with Gasteiger partial charge in [-0.3, -0.25) is 0 Å². The second-order valence-electron chi connectivity index (χ2n) is 5.63. The Bertz CT molecular complexity index is 783. The summed E-state index contributed by atoms with van der Waals surface area (Å²) in [7, 11) is 0. The highest BCUT2D eigenvalue weighted by molar-refractivity contribution is 7.20. The maximum atomic E-state index is 4.74. The van der Waals surface area contributed by atoms with Crippen molar-refractivity contribution in [2.75, 3.05) is 0 Å². The minimum Gasteiger partial charge on any atom is -0.218 e. The average molecular weight is 299 g/mol. The number of hydrogen-bond acceptors (Lipinski definition) is 3. The molecule has 0 N–H and O–H groups in total. The zero-order valence-corrected chi connectivity index (χ0v) is 13.9. The molecule has 110 valence electrons. The summed E-state index contributed by atoms with van der Waals surface area (Å²) in [5, 5.41) is 5.69. The SMILES string of the molecule is CCCCc1c(C)nn(-c2nc3ccc(C)cc3s2)c1C. The number of thiazole rings is 1. The number of aryl methyl sites for hydroxylation is 2. The van der Waals surface area contributed by atoms with Crippen molar-refractivity contribution in [1.82, 2.24) is 14.8 Å². The van der Waals surface area contributed by atoms with Gasteiger partial charge in [-0.05, 0) is 56.9 Å². The summed E-state index contributed by atoms with van der Waals surface area (Å²) < 4.78 is 3.24. The van der Waals surface area contributed by atoms with Gasteiger partial charge < -0.3 is 0 Å². The van der Waals surface area contributed by atoms with Gasteiger partial charge in [-0.2, -0.15) is 5.10 Å². The van der Waals surface area contributed by atoms with E-state index in [-0.39, 0.29) is 0 Å². The van der Waals surface area contributed by atoms with Crippen LogP contribution in [0.4, 0.5) is 0 Å². The number of benzene rings is 1. The fourth-order valence-electron chi connectivity index (χ4n) is 2.69. The summed E-state index contributed by atoms with van der Waals surface area (Å²) in [4.78, 5) is 4.74. The molecule has 3 rings (SSSR count). The lowest BCUT2D eigenvalue weighted by atomic mass is 10.1. The Morgan fingerprint density at radius 1 is 1.19 bits per heavy atom. The summed E-state index contributed by atoms with van der Waals surface area (Å²) >= 11 is 1.71. The third-order valence-electron chi connectivity index (χ3n) is 3.94. The Labute approximate surface area is 129 Å². The van der Waals surface area contributed by atoms with Crippen LogP contribution in [0, 0.1) is 20.8 Å². The predicted molar refractivity (Wildman–Crippen MR) is 89.6 cm³/mol. The van der Waals surface area contributed by atoms with E-state index in [1.165, 1.54) is 34.4 Å². The largest absolute Gasteiger partial charge is 0.218 e. The molecule has 4 heteroatoms. The van der Waals surface area contributed by atoms with E-state index in [1.807, 2.05) is 4.68 Å². The summed E-state index contributed by atoms with van der Waals surface area (Å²) in [5.74, 6) is 0. The van der Waals surface area contributed by atoms with Gasteiger partial charge in [-0.15, -0.1) is 0 Å². The van der Waals surface area contributed by atoms with Gasteiger partial charge in [0.25, 0.3) is 0 Å². The van der Waals surface area contributed by atoms with Crippen LogP contribution in [0.2, 0.25) is 0 Å². The molecule has 0 aliphatic carbocycles. The maximum Gasteiger partial charge on any atom is 0.211 e. The van der Waals surface area contributed by atoms with E-state index < -0.39 is 0 Å². The van der Waals surface area contributed by atoms with Crippen LogP contribution >= 0.6 is 11.3 Å². The number of unbranched alkanes of at least 4 members (excludes halogenated alkanes) is 1. The molecule has 0 amide bonds. The quantitative estimate of drug-likeness (QED) is 0.696. The lowest BCUT2D eigenvalue weighted by Gasteiger charge is -2.01. The van der Waals surface area contributed by atoms with Crippen molar-refractivity contribution in [2.24, 2.45) is 0 Å². The van der Waals surface area contributed by atoms with Gasteiger partial charge >= 0.3 is 0 Å². The molecule has 1 aromatic carbocycles. The van der Waals surface area contributed by atoms with Gasteiger partial charge in [0.15, 0.2) is 0 Å². The Kier molecular flexibility index (Phi) is 3.81. The zero-order valence-electron chi connectivity index (χ0n) is 13.1. The highest BCUT2D eigenvalue weighted by atomic mass is 32.1. The summed E-state index contributed by atoms with van der Waals surface area (Å²) in [5.41, 5.74) is 6.08. The van der Waals surface area contributed by atoms with Gasteiger partial charge in [0.05, 0.1) is 15.9 Å². The third kappa shape index (κ3) is 2.60. The van der Waals surface area contributed by atoms with Gasteiger partial charge in [0, 0.05) is 5.69 Å². The first kappa shape index (κ1) is 14.3. The minimum absolute atomic E-state index is 0.971. The molecule has 2 heterocycles. The molecule has 3 aromatic rings. The Balaban J connectivity index is 2.06. The zero-order chi connectivity index (χ0) is 15.0. The van der Waals surface area contributed by atoms with Gasteiger partial charge in [0.1, 0.15) is 0 Å². The summed E-state index contributed by atoms with van der Waals surface area (Å²) in [6.45, 7) is 8.60. The van der Waals surface area contributed by atoms with Crippen LogP contribution in [-0.2, 0) is 6.42 Å². The van der Waals surface area contributed by atoms with E-state index in [1.54, 1.807) is 11.3 Å². The molecule has 0 atom stereocenters. The second kappa shape index (κ2) is 5.60. The molecule has 0 bridgehead atoms. The molecule has 0 fully saturated rings. The molecule has 0 aliphatic rings. The monoisotopic (exact) mass is 299 g/mol. The normalized spacial score (nSPS) is 11.4. The van der Waals surface area contributed by atoms with Crippen molar-refractivity contribution in [3.05, 3.63) is 40.7 Å². The molecule has 3 nitrogen and oxygen atoms in total. The highest BCUT2D eigenvalue weighted by Crippen LogP contribution is 2.28. The first-order valence-corrected chi connectivity index (χ1v) is 8.34. The van der Waals surface area contributed by atoms with Crippen LogP contribution in [0.5, 0.6) is 0 Å². The van der Waals surface area contributed by atoms with Crippen molar-refractivity contribution >= 4 is 21.6 Å². The maximum absolute atomic E-state index is 4.74. The lowest BCUT2D eigenvalue weighted by molar-refractivity contribution is 0.784. The number of hydrogen-bond donors (Lipinski definition) is 0. The molecule has 0 unspecified atom stereocenters. The van der Waals surface area contributed by atoms with Crippen molar-refractivity contribution < 1.29 is 0 Å². The van der Waals surface area contributed by atoms with E-state index >= 15 is 0 Å². The molecule has 0 spiro atoms. The van der Waals surface area contributed by atoms with E-state index in [0.29, 0.717) is 0 Å². The number of aromatic nitrogens is 3. The highest BCUT2D eigenvalue weighted by Gasteiger charge is 2.15. The van der Waals surface area contributed by atoms with Crippen molar-refractivity contribution in [2.45, 2.75) is 47.0 Å². The standard InChI is InChI=1S/C17H21N3S/c1-5-6-7-14-12(3)19-20(13(14)4)17-18-15-9-8-11(2)10-16(15)21-17/h8-10H,5-7H2,1-4H3. The van der Waals surface area contributed by atoms with Crippen LogP contribution in [0.3, 0.4) is 0 Å². The van der Waals surface area contributed by atoms with E-state index in [9.17, 15) is 0 Å². The number of rotatable bonds is 4. The molecule has 0 saturated heterocycles. The average Bonchev–Trinajstić information content (AvgIpc) is 2.98. The van der Waals surface area contributed by atoms with Gasteiger partial charge in [-0.1, -0.05) is 30.7 Å². The van der Waals surface area contributed by atoms with E-state index in [4.69, 9.17) is 10.1 Å². The van der Waals surface area contributed by atoms with Crippen LogP contribution in [0.1, 0.15) is 42.3 Å². The predicted octanol–water partition coefficient (Wildman–Crippen LogP) is 4.75. The molecule has 2 aromatic heterocycles. The Hall–Kier alpha value is -1.68. The first-order chi connectivity index (χ1) is 10.1. The molecule has 0 saturated carbocycles. The number of nitrogens with zero attached hydrogens (tertiary/aromatic N) is 3. The van der Waals surface area contributed by atoms with Crippen molar-refractivity contribution in [3.63, 3.8) is 0 Å². The fourth-order valence-corrected chi connectivity index (χ4v) is 3.75. The smallest absolute Gasteiger partial charge is 0.211 e. The summed E-state index contributed by atoms with van der Waals surface area (Å²) in [6, 6.07) is 6.40. The van der Waals surface area contributed by atoms with E-state index in [0.717, 1.165) is 22.8 Å². The van der Waals surface area contributed by atoms with Crippen LogP contribution in [-0.4, -0.2) is 14.8 Å². The van der Waals surface area contributed by atoms with Crippen LogP contribution in [0.15, 0.2) is 18.2 Å². The lowest BCUT2D eigenvalue weighted by Crippen LogP contribution is -1.98. The van der Waals surface area contributed by atoms with Gasteiger partial charge in [0.2, 0.25) is 5.13 Å². The molecule has 0 radical (unpaired) electrons. The number of fused-ring (bicyclic) bond motifs is 1. The van der Waals surface area contributed by atoms with Crippen molar-refractivity contribution in [1.29, 1.82) is 0 Å². The fraction of sp³-hybridized carbons (Fsp3) is 0.412. The van der Waals surface area contributed by atoms with Crippen LogP contribution < -0.4 is 0 Å². The third-order valence-corrected chi connectivity index (χ3v) is 4.93. The summed E-state index contributed by atoms with van der Waals surface area (Å²) in [6.07, 6.45) is 3.54. The minimum atomic E-state index is 0.971. The topological polar surface area (TPSA) is 30.7 Å². The van der Waals surface area contributed by atoms with Gasteiger partial charge in [-0.25, -0.2) is 9.67 Å². The first-order valence-electron chi connectivity index (χ1n) is 7.52. The van der Waals surface area contributed by atoms with E-state index in [2.05, 4.69) is 45.9 Å². The molecular weight excluding hydrogens is 278 g/mol. The Morgan fingerprint density at radius 2 is 2.00 bits per heavy atom. The van der Waals surface area contributed by atoms with Crippen LogP contribution in [0.25, 0.3) is 15.3 Å². The molecule has 0 aliphatic heterocycles.